The van der Waals surface area contributed by atoms with Crippen LogP contribution in [0.2, 0.25) is 0 Å². The first-order valence-electron chi connectivity index (χ1n) is 10.7. The summed E-state index contributed by atoms with van der Waals surface area (Å²) in [5, 5.41) is 12.9. The van der Waals surface area contributed by atoms with Crippen LogP contribution >= 0.6 is 0 Å². The molecule has 0 aliphatic rings. The zero-order chi connectivity index (χ0) is 19.3. The van der Waals surface area contributed by atoms with E-state index in [9.17, 15) is 0 Å². The number of benzene rings is 1. The summed E-state index contributed by atoms with van der Waals surface area (Å²) in [6.45, 7) is 3.15. The summed E-state index contributed by atoms with van der Waals surface area (Å²) in [4.78, 5) is 3.86. The molecule has 0 aliphatic carbocycles. The maximum atomic E-state index is 4.52. The van der Waals surface area contributed by atoms with Crippen LogP contribution in [-0.4, -0.2) is 34.3 Å². The van der Waals surface area contributed by atoms with E-state index in [1.54, 1.807) is 4.80 Å². The van der Waals surface area contributed by atoms with E-state index in [4.69, 9.17) is 0 Å². The number of hydrogen-bond donors (Lipinski definition) is 0. The minimum Gasteiger partial charge on any atom is -0.378 e. The number of tetrazole rings is 1. The first-order chi connectivity index (χ1) is 13.2. The van der Waals surface area contributed by atoms with Gasteiger partial charge in [0.25, 0.3) is 0 Å². The molecular weight excluding hydrogens is 334 g/mol. The second-order valence-electron chi connectivity index (χ2n) is 7.72. The number of unbranched alkanes of at least 4 members (excludes halogenated alkanes) is 9. The minimum absolute atomic E-state index is 0.742. The van der Waals surface area contributed by atoms with Crippen LogP contribution < -0.4 is 4.90 Å². The number of anilines is 1. The fraction of sp³-hybridized carbons (Fsp3) is 0.682. The van der Waals surface area contributed by atoms with E-state index >= 15 is 0 Å². The highest BCUT2D eigenvalue weighted by molar-refractivity contribution is 5.46. The number of aromatic nitrogens is 4. The Morgan fingerprint density at radius 1 is 0.815 bits per heavy atom. The summed E-state index contributed by atoms with van der Waals surface area (Å²) in [5.74, 6) is 0.805. The van der Waals surface area contributed by atoms with Gasteiger partial charge in [-0.05, 0) is 29.3 Å². The Balaban J connectivity index is 1.58. The van der Waals surface area contributed by atoms with E-state index in [-0.39, 0.29) is 0 Å². The van der Waals surface area contributed by atoms with Gasteiger partial charge in [0.05, 0.1) is 6.54 Å². The number of nitrogens with zero attached hydrogens (tertiary/aromatic N) is 5. The molecule has 0 atom stereocenters. The average molecular weight is 372 g/mol. The standard InChI is InChI=1S/C22H37N5/c1-4-5-6-7-8-9-10-11-12-13-18-27-24-22(23-25-27)19-20-14-16-21(17-15-20)26(2)3/h14-17H,4-13,18-19H2,1-3H3. The third-order valence-electron chi connectivity index (χ3n) is 5.02. The van der Waals surface area contributed by atoms with E-state index < -0.39 is 0 Å². The molecular formula is C22H37N5. The Bertz CT molecular complexity index is 618. The lowest BCUT2D eigenvalue weighted by atomic mass is 10.1. The molecule has 5 heteroatoms. The van der Waals surface area contributed by atoms with Crippen LogP contribution in [0, 0.1) is 0 Å². The molecule has 0 saturated heterocycles. The quantitative estimate of drug-likeness (QED) is 0.425. The van der Waals surface area contributed by atoms with Crippen LogP contribution in [0.25, 0.3) is 0 Å². The van der Waals surface area contributed by atoms with E-state index in [0.29, 0.717) is 0 Å². The van der Waals surface area contributed by atoms with E-state index in [1.807, 2.05) is 0 Å². The third-order valence-corrected chi connectivity index (χ3v) is 5.02. The topological polar surface area (TPSA) is 46.8 Å². The van der Waals surface area contributed by atoms with Gasteiger partial charge in [-0.15, -0.1) is 10.2 Å². The number of aryl methyl sites for hydroxylation is 1. The summed E-state index contributed by atoms with van der Waals surface area (Å²) in [5.41, 5.74) is 2.43. The van der Waals surface area contributed by atoms with Crippen LogP contribution in [0.15, 0.2) is 24.3 Å². The predicted molar refractivity (Wildman–Crippen MR) is 113 cm³/mol. The first kappa shape index (κ1) is 21.4. The molecule has 0 N–H and O–H groups in total. The summed E-state index contributed by atoms with van der Waals surface area (Å²) in [6.07, 6.45) is 14.2. The molecule has 0 saturated carbocycles. The van der Waals surface area contributed by atoms with Crippen LogP contribution in [0.4, 0.5) is 5.69 Å². The second-order valence-corrected chi connectivity index (χ2v) is 7.72. The van der Waals surface area contributed by atoms with E-state index in [2.05, 4.69) is 65.6 Å². The van der Waals surface area contributed by atoms with Gasteiger partial charge in [-0.1, -0.05) is 76.8 Å². The maximum Gasteiger partial charge on any atom is 0.179 e. The Hall–Kier alpha value is -1.91. The van der Waals surface area contributed by atoms with Gasteiger partial charge in [-0.2, -0.15) is 4.80 Å². The Morgan fingerprint density at radius 3 is 2.00 bits per heavy atom. The molecule has 0 aliphatic heterocycles. The maximum absolute atomic E-state index is 4.52. The molecule has 0 unspecified atom stereocenters. The molecule has 0 spiro atoms. The Labute approximate surface area is 165 Å². The molecule has 0 fully saturated rings. The fourth-order valence-corrected chi connectivity index (χ4v) is 3.28. The molecule has 0 bridgehead atoms. The van der Waals surface area contributed by atoms with Crippen molar-refractivity contribution in [2.45, 2.75) is 84.1 Å². The lowest BCUT2D eigenvalue weighted by Crippen LogP contribution is -2.08. The summed E-state index contributed by atoms with van der Waals surface area (Å²) < 4.78 is 0. The van der Waals surface area contributed by atoms with Crippen LogP contribution in [-0.2, 0) is 13.0 Å². The highest BCUT2D eigenvalue weighted by Crippen LogP contribution is 2.14. The van der Waals surface area contributed by atoms with Gasteiger partial charge in [0.2, 0.25) is 0 Å². The van der Waals surface area contributed by atoms with E-state index in [0.717, 1.165) is 25.2 Å². The third kappa shape index (κ3) is 8.55. The monoisotopic (exact) mass is 371 g/mol. The van der Waals surface area contributed by atoms with E-state index in [1.165, 1.54) is 69.0 Å². The minimum atomic E-state index is 0.742. The molecule has 2 aromatic rings. The Morgan fingerprint density at radius 2 is 1.41 bits per heavy atom. The van der Waals surface area contributed by atoms with Crippen LogP contribution in [0.3, 0.4) is 0 Å². The number of hydrogen-bond acceptors (Lipinski definition) is 4. The molecule has 0 amide bonds. The van der Waals surface area contributed by atoms with Crippen molar-refractivity contribution in [3.63, 3.8) is 0 Å². The van der Waals surface area contributed by atoms with Crippen molar-refractivity contribution in [1.82, 2.24) is 20.2 Å². The molecule has 5 nitrogen and oxygen atoms in total. The smallest absolute Gasteiger partial charge is 0.179 e. The molecule has 0 radical (unpaired) electrons. The summed E-state index contributed by atoms with van der Waals surface area (Å²) in [7, 11) is 4.10. The van der Waals surface area contributed by atoms with Crippen molar-refractivity contribution >= 4 is 5.69 Å². The molecule has 1 aromatic heterocycles. The SMILES string of the molecule is CCCCCCCCCCCCn1nnc(Cc2ccc(N(C)C)cc2)n1. The van der Waals surface area contributed by atoms with Gasteiger partial charge in [-0.3, -0.25) is 0 Å². The van der Waals surface area contributed by atoms with Crippen LogP contribution in [0.1, 0.15) is 82.5 Å². The van der Waals surface area contributed by atoms with Gasteiger partial charge in [0.15, 0.2) is 5.82 Å². The molecule has 1 heterocycles. The normalized spacial score (nSPS) is 11.1. The van der Waals surface area contributed by atoms with Crippen molar-refractivity contribution < 1.29 is 0 Å². The Kier molecular flexibility index (Phi) is 9.88. The van der Waals surface area contributed by atoms with Crippen molar-refractivity contribution in [3.05, 3.63) is 35.7 Å². The predicted octanol–water partition coefficient (Wildman–Crippen LogP) is 5.25. The average Bonchev–Trinajstić information content (AvgIpc) is 3.11. The summed E-state index contributed by atoms with van der Waals surface area (Å²) >= 11 is 0. The largest absolute Gasteiger partial charge is 0.378 e. The lowest BCUT2D eigenvalue weighted by molar-refractivity contribution is 0.470. The van der Waals surface area contributed by atoms with Gasteiger partial charge in [0.1, 0.15) is 0 Å². The number of rotatable bonds is 14. The highest BCUT2D eigenvalue weighted by Gasteiger charge is 2.05. The first-order valence-corrected chi connectivity index (χ1v) is 10.7. The second kappa shape index (κ2) is 12.5. The zero-order valence-electron chi connectivity index (χ0n) is 17.5. The van der Waals surface area contributed by atoms with Crippen molar-refractivity contribution in [2.75, 3.05) is 19.0 Å². The summed E-state index contributed by atoms with van der Waals surface area (Å²) in [6, 6.07) is 8.53. The zero-order valence-corrected chi connectivity index (χ0v) is 17.5. The van der Waals surface area contributed by atoms with Gasteiger partial charge in [0, 0.05) is 26.2 Å². The fourth-order valence-electron chi connectivity index (χ4n) is 3.28. The lowest BCUT2D eigenvalue weighted by Gasteiger charge is -2.12. The molecule has 1 aromatic carbocycles. The molecule has 150 valence electrons. The van der Waals surface area contributed by atoms with Crippen molar-refractivity contribution in [1.29, 1.82) is 0 Å². The van der Waals surface area contributed by atoms with Gasteiger partial charge in [-0.25, -0.2) is 0 Å². The molecule has 2 rings (SSSR count). The highest BCUT2D eigenvalue weighted by atomic mass is 15.6. The van der Waals surface area contributed by atoms with Crippen LogP contribution in [0.5, 0.6) is 0 Å². The van der Waals surface area contributed by atoms with Gasteiger partial charge >= 0.3 is 0 Å². The molecule has 27 heavy (non-hydrogen) atoms. The van der Waals surface area contributed by atoms with Crippen molar-refractivity contribution in [2.24, 2.45) is 0 Å². The van der Waals surface area contributed by atoms with Crippen molar-refractivity contribution in [3.8, 4) is 0 Å². The van der Waals surface area contributed by atoms with Gasteiger partial charge < -0.3 is 4.90 Å².